The summed E-state index contributed by atoms with van der Waals surface area (Å²) in [6, 6.07) is 5.45. The van der Waals surface area contributed by atoms with E-state index in [1.165, 1.54) is 6.08 Å². The second kappa shape index (κ2) is 4.61. The number of hydrogen-bond acceptors (Lipinski definition) is 2. The maximum atomic E-state index is 10.7. The molecule has 0 unspecified atom stereocenters. The molecule has 0 aliphatic rings. The lowest BCUT2D eigenvalue weighted by molar-refractivity contribution is -0.139. The first kappa shape index (κ1) is 12.0. The fraction of sp³-hybridized carbons (Fsp3) is 0.167. The lowest BCUT2D eigenvalue weighted by atomic mass is 10.0. The van der Waals surface area contributed by atoms with E-state index in [4.69, 9.17) is 10.2 Å². The molecule has 1 aromatic rings. The van der Waals surface area contributed by atoms with E-state index >= 15 is 0 Å². The zero-order chi connectivity index (χ0) is 12.3. The van der Waals surface area contributed by atoms with E-state index in [0.717, 1.165) is 11.1 Å². The standard InChI is InChI=1S/C12H12O4/c1-7-4-3-5-8(2)9(7)6-10(11(13)14)12(15)16/h3-6H,1-2H3,(H,13,14)(H,15,16). The van der Waals surface area contributed by atoms with Gasteiger partial charge in [-0.25, -0.2) is 9.59 Å². The molecular weight excluding hydrogens is 208 g/mol. The maximum Gasteiger partial charge on any atom is 0.343 e. The van der Waals surface area contributed by atoms with Crippen LogP contribution < -0.4 is 0 Å². The van der Waals surface area contributed by atoms with E-state index in [9.17, 15) is 9.59 Å². The van der Waals surface area contributed by atoms with Crippen LogP contribution in [0.4, 0.5) is 0 Å². The third kappa shape index (κ3) is 2.48. The molecule has 1 aromatic carbocycles. The van der Waals surface area contributed by atoms with Crippen molar-refractivity contribution in [2.75, 3.05) is 0 Å². The number of aryl methyl sites for hydroxylation is 2. The van der Waals surface area contributed by atoms with E-state index in [0.29, 0.717) is 5.56 Å². The van der Waals surface area contributed by atoms with Gasteiger partial charge in [0.15, 0.2) is 0 Å². The Bertz CT molecular complexity index is 436. The Labute approximate surface area is 92.8 Å². The van der Waals surface area contributed by atoms with Crippen molar-refractivity contribution in [3.63, 3.8) is 0 Å². The fourth-order valence-electron chi connectivity index (χ4n) is 1.41. The smallest absolute Gasteiger partial charge is 0.343 e. The summed E-state index contributed by atoms with van der Waals surface area (Å²) in [7, 11) is 0. The third-order valence-corrected chi connectivity index (χ3v) is 2.29. The molecule has 2 N–H and O–H groups in total. The predicted molar refractivity (Wildman–Crippen MR) is 59.2 cm³/mol. The summed E-state index contributed by atoms with van der Waals surface area (Å²) < 4.78 is 0. The van der Waals surface area contributed by atoms with Gasteiger partial charge >= 0.3 is 11.9 Å². The first-order valence-corrected chi connectivity index (χ1v) is 4.68. The van der Waals surface area contributed by atoms with Crippen LogP contribution in [-0.2, 0) is 9.59 Å². The number of carboxylic acid groups (broad SMARTS) is 2. The van der Waals surface area contributed by atoms with Gasteiger partial charge in [-0.2, -0.15) is 0 Å². The Balaban J connectivity index is 3.34. The number of carboxylic acids is 2. The van der Waals surface area contributed by atoms with Crippen LogP contribution in [0.3, 0.4) is 0 Å². The van der Waals surface area contributed by atoms with Gasteiger partial charge in [-0.1, -0.05) is 18.2 Å². The van der Waals surface area contributed by atoms with Crippen LogP contribution in [0.5, 0.6) is 0 Å². The second-order valence-electron chi connectivity index (χ2n) is 3.47. The minimum atomic E-state index is -1.44. The van der Waals surface area contributed by atoms with Crippen molar-refractivity contribution in [2.45, 2.75) is 13.8 Å². The van der Waals surface area contributed by atoms with Gasteiger partial charge in [0.1, 0.15) is 5.57 Å². The summed E-state index contributed by atoms with van der Waals surface area (Å²) in [5, 5.41) is 17.5. The zero-order valence-electron chi connectivity index (χ0n) is 9.02. The molecule has 0 radical (unpaired) electrons. The summed E-state index contributed by atoms with van der Waals surface area (Å²) in [6.45, 7) is 3.61. The normalized spacial score (nSPS) is 9.62. The molecule has 0 saturated carbocycles. The molecule has 0 fully saturated rings. The summed E-state index contributed by atoms with van der Waals surface area (Å²) in [5.41, 5.74) is 1.71. The summed E-state index contributed by atoms with van der Waals surface area (Å²) in [6.07, 6.45) is 1.19. The molecular formula is C12H12O4. The van der Waals surface area contributed by atoms with Gasteiger partial charge in [-0.15, -0.1) is 0 Å². The van der Waals surface area contributed by atoms with Crippen LogP contribution in [0.2, 0.25) is 0 Å². The monoisotopic (exact) mass is 220 g/mol. The van der Waals surface area contributed by atoms with Crippen LogP contribution in [-0.4, -0.2) is 22.2 Å². The molecule has 4 heteroatoms. The average Bonchev–Trinajstić information content (AvgIpc) is 2.15. The van der Waals surface area contributed by atoms with Gasteiger partial charge in [0.2, 0.25) is 0 Å². The van der Waals surface area contributed by atoms with Crippen LogP contribution in [0, 0.1) is 13.8 Å². The van der Waals surface area contributed by atoms with Crippen molar-refractivity contribution in [1.29, 1.82) is 0 Å². The van der Waals surface area contributed by atoms with Crippen molar-refractivity contribution < 1.29 is 19.8 Å². The maximum absolute atomic E-state index is 10.7. The summed E-state index contributed by atoms with van der Waals surface area (Å²) >= 11 is 0. The molecule has 4 nitrogen and oxygen atoms in total. The Morgan fingerprint density at radius 1 is 1.06 bits per heavy atom. The molecule has 0 amide bonds. The van der Waals surface area contributed by atoms with Crippen molar-refractivity contribution in [2.24, 2.45) is 0 Å². The Morgan fingerprint density at radius 3 is 1.88 bits per heavy atom. The molecule has 0 aliphatic carbocycles. The van der Waals surface area contributed by atoms with E-state index in [1.807, 2.05) is 6.07 Å². The summed E-state index contributed by atoms with van der Waals surface area (Å²) in [5.74, 6) is -2.87. The quantitative estimate of drug-likeness (QED) is 0.463. The molecule has 0 aromatic heterocycles. The van der Waals surface area contributed by atoms with Crippen molar-refractivity contribution in [1.82, 2.24) is 0 Å². The number of hydrogen-bond donors (Lipinski definition) is 2. The second-order valence-corrected chi connectivity index (χ2v) is 3.47. The molecule has 0 heterocycles. The average molecular weight is 220 g/mol. The number of benzene rings is 1. The SMILES string of the molecule is Cc1cccc(C)c1C=C(C(=O)O)C(=O)O. The van der Waals surface area contributed by atoms with Crippen LogP contribution in [0.15, 0.2) is 23.8 Å². The number of rotatable bonds is 3. The van der Waals surface area contributed by atoms with E-state index in [1.54, 1.807) is 26.0 Å². The van der Waals surface area contributed by atoms with E-state index in [-0.39, 0.29) is 0 Å². The Hall–Kier alpha value is -2.10. The van der Waals surface area contributed by atoms with E-state index in [2.05, 4.69) is 0 Å². The largest absolute Gasteiger partial charge is 0.477 e. The third-order valence-electron chi connectivity index (χ3n) is 2.29. The highest BCUT2D eigenvalue weighted by Gasteiger charge is 2.16. The van der Waals surface area contributed by atoms with Gasteiger partial charge in [-0.3, -0.25) is 0 Å². The summed E-state index contributed by atoms with van der Waals surface area (Å²) in [4.78, 5) is 21.4. The van der Waals surface area contributed by atoms with E-state index < -0.39 is 17.5 Å². The molecule has 0 atom stereocenters. The zero-order valence-corrected chi connectivity index (χ0v) is 9.02. The molecule has 0 spiro atoms. The minimum Gasteiger partial charge on any atom is -0.477 e. The van der Waals surface area contributed by atoms with Gasteiger partial charge in [0, 0.05) is 0 Å². The highest BCUT2D eigenvalue weighted by atomic mass is 16.4. The first-order chi connectivity index (χ1) is 7.43. The molecule has 16 heavy (non-hydrogen) atoms. The number of carbonyl (C=O) groups is 2. The molecule has 0 aliphatic heterocycles. The Morgan fingerprint density at radius 2 is 1.50 bits per heavy atom. The van der Waals surface area contributed by atoms with Crippen LogP contribution >= 0.6 is 0 Å². The molecule has 0 bridgehead atoms. The van der Waals surface area contributed by atoms with Crippen molar-refractivity contribution >= 4 is 18.0 Å². The highest BCUT2D eigenvalue weighted by molar-refractivity contribution is 6.16. The predicted octanol–water partition coefficient (Wildman–Crippen LogP) is 1.86. The van der Waals surface area contributed by atoms with Gasteiger partial charge in [0.05, 0.1) is 0 Å². The van der Waals surface area contributed by atoms with Gasteiger partial charge < -0.3 is 10.2 Å². The number of aliphatic carboxylic acids is 2. The molecule has 0 saturated heterocycles. The molecule has 1 rings (SSSR count). The molecule has 84 valence electrons. The van der Waals surface area contributed by atoms with Crippen LogP contribution in [0.1, 0.15) is 16.7 Å². The van der Waals surface area contributed by atoms with Gasteiger partial charge in [-0.05, 0) is 36.6 Å². The first-order valence-electron chi connectivity index (χ1n) is 4.68. The lowest BCUT2D eigenvalue weighted by Gasteiger charge is -2.05. The fourth-order valence-corrected chi connectivity index (χ4v) is 1.41. The van der Waals surface area contributed by atoms with Crippen LogP contribution in [0.25, 0.3) is 6.08 Å². The minimum absolute atomic E-state index is 0.627. The van der Waals surface area contributed by atoms with Crippen molar-refractivity contribution in [3.8, 4) is 0 Å². The highest BCUT2D eigenvalue weighted by Crippen LogP contribution is 2.17. The van der Waals surface area contributed by atoms with Gasteiger partial charge in [0.25, 0.3) is 0 Å². The Kier molecular flexibility index (Phi) is 3.45. The lowest BCUT2D eigenvalue weighted by Crippen LogP contribution is -2.11. The topological polar surface area (TPSA) is 74.6 Å². The van der Waals surface area contributed by atoms with Crippen molar-refractivity contribution in [3.05, 3.63) is 40.5 Å².